The van der Waals surface area contributed by atoms with Gasteiger partial charge in [-0.1, -0.05) is 54.6 Å². The SMILES string of the molecule is C[C@@H](c1cccc(N(C)C)c1)N1C[C@H]2N(C(=O)CN(C)N2C(=O)NCc2ccccc2)[C@@H](Cc2ccc(O)cc2)C1=O. The molecule has 3 atom stereocenters. The van der Waals surface area contributed by atoms with Gasteiger partial charge >= 0.3 is 6.03 Å². The van der Waals surface area contributed by atoms with Gasteiger partial charge in [-0.2, -0.15) is 0 Å². The van der Waals surface area contributed by atoms with E-state index >= 15 is 0 Å². The first-order chi connectivity index (χ1) is 20.1. The van der Waals surface area contributed by atoms with Crippen molar-refractivity contribution in [1.82, 2.24) is 25.1 Å². The second-order valence-corrected chi connectivity index (χ2v) is 11.1. The summed E-state index contributed by atoms with van der Waals surface area (Å²) in [5.41, 5.74) is 3.74. The number of piperazine rings is 1. The Morgan fingerprint density at radius 1 is 1.00 bits per heavy atom. The van der Waals surface area contributed by atoms with Crippen LogP contribution in [0, 0.1) is 0 Å². The van der Waals surface area contributed by atoms with E-state index in [1.54, 1.807) is 51.1 Å². The zero-order valence-electron chi connectivity index (χ0n) is 24.5. The lowest BCUT2D eigenvalue weighted by Gasteiger charge is -2.55. The van der Waals surface area contributed by atoms with Crippen LogP contribution in [0.25, 0.3) is 0 Å². The van der Waals surface area contributed by atoms with Crippen LogP contribution in [0.15, 0.2) is 78.9 Å². The van der Waals surface area contributed by atoms with E-state index in [2.05, 4.69) is 11.4 Å². The van der Waals surface area contributed by atoms with Gasteiger partial charge in [-0.3, -0.25) is 9.59 Å². The van der Waals surface area contributed by atoms with Gasteiger partial charge in [-0.05, 0) is 47.9 Å². The van der Waals surface area contributed by atoms with Gasteiger partial charge in [0.15, 0.2) is 0 Å². The third-order valence-corrected chi connectivity index (χ3v) is 8.08. The lowest BCUT2D eigenvalue weighted by Crippen LogP contribution is -2.76. The van der Waals surface area contributed by atoms with Crippen molar-refractivity contribution in [3.63, 3.8) is 0 Å². The van der Waals surface area contributed by atoms with Crippen molar-refractivity contribution < 1.29 is 19.5 Å². The highest BCUT2D eigenvalue weighted by Crippen LogP contribution is 2.33. The Morgan fingerprint density at radius 3 is 2.40 bits per heavy atom. The van der Waals surface area contributed by atoms with Crippen molar-refractivity contribution >= 4 is 23.5 Å². The number of benzene rings is 3. The van der Waals surface area contributed by atoms with Gasteiger partial charge < -0.3 is 25.1 Å². The highest BCUT2D eigenvalue weighted by atomic mass is 16.3. The molecule has 2 heterocycles. The van der Waals surface area contributed by atoms with Crippen molar-refractivity contribution in [1.29, 1.82) is 0 Å². The molecule has 5 rings (SSSR count). The fraction of sp³-hybridized carbons (Fsp3) is 0.344. The second-order valence-electron chi connectivity index (χ2n) is 11.1. The van der Waals surface area contributed by atoms with Crippen molar-refractivity contribution in [3.8, 4) is 5.75 Å². The molecule has 3 aromatic carbocycles. The predicted molar refractivity (Wildman–Crippen MR) is 160 cm³/mol. The van der Waals surface area contributed by atoms with Gasteiger partial charge in [-0.15, -0.1) is 0 Å². The molecule has 42 heavy (non-hydrogen) atoms. The first-order valence-electron chi connectivity index (χ1n) is 14.1. The Hall–Kier alpha value is -4.57. The van der Waals surface area contributed by atoms with E-state index in [9.17, 15) is 19.5 Å². The summed E-state index contributed by atoms with van der Waals surface area (Å²) in [7, 11) is 5.66. The number of anilines is 1. The van der Waals surface area contributed by atoms with Crippen molar-refractivity contribution in [2.45, 2.75) is 38.1 Å². The number of fused-ring (bicyclic) bond motifs is 1. The maximum Gasteiger partial charge on any atom is 0.334 e. The fourth-order valence-electron chi connectivity index (χ4n) is 5.77. The number of likely N-dealkylation sites (N-methyl/N-ethyl adjacent to an activating group) is 1. The number of phenolic OH excluding ortho intramolecular Hbond substituents is 1. The standard InChI is InChI=1S/C32H38N6O4/c1-22(25-11-8-12-26(18-25)34(2)3)36-20-29-37(28(31(36)41)17-23-13-15-27(39)16-14-23)30(40)21-35(4)38(29)32(42)33-19-24-9-6-5-7-10-24/h5-16,18,22,28-29,39H,17,19-21H2,1-4H3,(H,33,42)/t22-,28-,29-/m0/s1. The molecule has 0 saturated carbocycles. The van der Waals surface area contributed by atoms with E-state index in [1.807, 2.05) is 74.4 Å². The van der Waals surface area contributed by atoms with Gasteiger partial charge in [0.2, 0.25) is 11.8 Å². The second kappa shape index (κ2) is 12.1. The van der Waals surface area contributed by atoms with Crippen LogP contribution in [-0.4, -0.2) is 89.2 Å². The normalized spacial score (nSPS) is 19.9. The van der Waals surface area contributed by atoms with E-state index in [4.69, 9.17) is 0 Å². The first-order valence-corrected chi connectivity index (χ1v) is 14.1. The summed E-state index contributed by atoms with van der Waals surface area (Å²) in [5.74, 6) is -0.266. The van der Waals surface area contributed by atoms with Crippen molar-refractivity contribution in [2.24, 2.45) is 0 Å². The summed E-state index contributed by atoms with van der Waals surface area (Å²) in [6, 6.07) is 22.8. The van der Waals surface area contributed by atoms with Gasteiger partial charge in [-0.25, -0.2) is 14.8 Å². The lowest BCUT2D eigenvalue weighted by molar-refractivity contribution is -0.189. The number of nitrogens with zero attached hydrogens (tertiary/aromatic N) is 5. The van der Waals surface area contributed by atoms with Crippen LogP contribution in [0.5, 0.6) is 5.75 Å². The van der Waals surface area contributed by atoms with Crippen molar-refractivity contribution in [3.05, 3.63) is 95.6 Å². The molecule has 4 amide bonds. The van der Waals surface area contributed by atoms with E-state index in [0.29, 0.717) is 6.54 Å². The Bertz CT molecular complexity index is 1430. The van der Waals surface area contributed by atoms with Gasteiger partial charge in [0.25, 0.3) is 0 Å². The average molecular weight is 571 g/mol. The number of hydrogen-bond donors (Lipinski definition) is 2. The first kappa shape index (κ1) is 28.9. The Kier molecular flexibility index (Phi) is 8.35. The number of nitrogens with one attached hydrogen (secondary N) is 1. The largest absolute Gasteiger partial charge is 0.508 e. The van der Waals surface area contributed by atoms with Crippen molar-refractivity contribution in [2.75, 3.05) is 39.1 Å². The Morgan fingerprint density at radius 2 is 1.71 bits per heavy atom. The van der Waals surface area contributed by atoms with Crippen LogP contribution < -0.4 is 10.2 Å². The molecule has 2 saturated heterocycles. The highest BCUT2D eigenvalue weighted by molar-refractivity contribution is 5.92. The van der Waals surface area contributed by atoms with Crippen LogP contribution in [0.3, 0.4) is 0 Å². The van der Waals surface area contributed by atoms with Crippen LogP contribution in [0.1, 0.15) is 29.7 Å². The molecule has 2 aliphatic rings. The minimum absolute atomic E-state index is 0.0327. The quantitative estimate of drug-likeness (QED) is 0.453. The number of carbonyl (C=O) groups is 3. The van der Waals surface area contributed by atoms with Gasteiger partial charge in [0.1, 0.15) is 18.0 Å². The Balaban J connectivity index is 1.50. The topological polar surface area (TPSA) is 99.7 Å². The van der Waals surface area contributed by atoms with Crippen LogP contribution >= 0.6 is 0 Å². The third-order valence-electron chi connectivity index (χ3n) is 8.08. The van der Waals surface area contributed by atoms with E-state index in [-0.39, 0.29) is 49.1 Å². The minimum Gasteiger partial charge on any atom is -0.508 e. The summed E-state index contributed by atoms with van der Waals surface area (Å²) in [6.45, 7) is 2.44. The van der Waals surface area contributed by atoms with E-state index < -0.39 is 12.2 Å². The molecule has 10 heteroatoms. The molecule has 0 bridgehead atoms. The van der Waals surface area contributed by atoms with Crippen LogP contribution in [-0.2, 0) is 22.6 Å². The molecule has 3 aromatic rings. The molecule has 2 fully saturated rings. The van der Waals surface area contributed by atoms with Gasteiger partial charge in [0.05, 0.1) is 19.1 Å². The maximum atomic E-state index is 14.2. The number of phenols is 1. The summed E-state index contributed by atoms with van der Waals surface area (Å²) < 4.78 is 0. The maximum absolute atomic E-state index is 14.2. The van der Waals surface area contributed by atoms with Crippen LogP contribution in [0.4, 0.5) is 10.5 Å². The third kappa shape index (κ3) is 5.89. The smallest absolute Gasteiger partial charge is 0.334 e. The minimum atomic E-state index is -0.821. The number of urea groups is 1. The zero-order chi connectivity index (χ0) is 30.0. The monoisotopic (exact) mass is 570 g/mol. The zero-order valence-corrected chi connectivity index (χ0v) is 24.5. The lowest BCUT2D eigenvalue weighted by atomic mass is 9.96. The summed E-state index contributed by atoms with van der Waals surface area (Å²) >= 11 is 0. The molecule has 2 N–H and O–H groups in total. The molecule has 0 radical (unpaired) electrons. The number of carbonyl (C=O) groups excluding carboxylic acids is 3. The number of hydrazine groups is 1. The molecular formula is C32H38N6O4. The Labute approximate surface area is 246 Å². The molecule has 220 valence electrons. The molecule has 10 nitrogen and oxygen atoms in total. The highest BCUT2D eigenvalue weighted by Gasteiger charge is 2.51. The number of hydrogen-bond acceptors (Lipinski definition) is 6. The molecule has 0 aromatic heterocycles. The number of rotatable bonds is 7. The molecular weight excluding hydrogens is 532 g/mol. The van der Waals surface area contributed by atoms with E-state index in [0.717, 1.165) is 22.4 Å². The molecule has 2 aliphatic heterocycles. The number of amides is 4. The number of aromatic hydroxyl groups is 1. The molecule has 0 spiro atoms. The summed E-state index contributed by atoms with van der Waals surface area (Å²) in [4.78, 5) is 46.9. The molecule has 0 aliphatic carbocycles. The summed E-state index contributed by atoms with van der Waals surface area (Å²) in [5, 5.41) is 16.0. The predicted octanol–water partition coefficient (Wildman–Crippen LogP) is 3.20. The summed E-state index contributed by atoms with van der Waals surface area (Å²) in [6.07, 6.45) is -0.447. The van der Waals surface area contributed by atoms with Gasteiger partial charge in [0, 0.05) is 39.8 Å². The van der Waals surface area contributed by atoms with E-state index in [1.165, 1.54) is 0 Å². The molecule has 0 unspecified atom stereocenters. The van der Waals surface area contributed by atoms with Crippen LogP contribution in [0.2, 0.25) is 0 Å². The average Bonchev–Trinajstić information content (AvgIpc) is 2.98. The fourth-order valence-corrected chi connectivity index (χ4v) is 5.77.